The zero-order valence-corrected chi connectivity index (χ0v) is 17.8. The van der Waals surface area contributed by atoms with Crippen LogP contribution in [-0.2, 0) is 4.79 Å². The molecular formula is C24H22N4O4. The van der Waals surface area contributed by atoms with Crippen molar-refractivity contribution in [3.05, 3.63) is 77.1 Å². The molecule has 8 nitrogen and oxygen atoms in total. The van der Waals surface area contributed by atoms with Crippen molar-refractivity contribution in [2.75, 3.05) is 11.9 Å². The van der Waals surface area contributed by atoms with Crippen LogP contribution in [0.15, 0.2) is 54.6 Å². The molecule has 0 atom stereocenters. The molecular weight excluding hydrogens is 408 g/mol. The summed E-state index contributed by atoms with van der Waals surface area (Å²) in [5.41, 5.74) is 2.50. The quantitative estimate of drug-likeness (QED) is 0.571. The highest BCUT2D eigenvalue weighted by molar-refractivity contribution is 6.21. The minimum Gasteiger partial charge on any atom is -0.424 e. The Morgan fingerprint density at radius 2 is 1.47 bits per heavy atom. The highest BCUT2D eigenvalue weighted by atomic mass is 16.5. The number of benzene rings is 2. The first-order chi connectivity index (χ1) is 15.4. The number of nitrogens with zero attached hydrogens (tertiary/aromatic N) is 3. The van der Waals surface area contributed by atoms with E-state index in [1.165, 1.54) is 4.90 Å². The zero-order valence-electron chi connectivity index (χ0n) is 17.8. The molecule has 0 bridgehead atoms. The third-order valence-corrected chi connectivity index (χ3v) is 5.13. The van der Waals surface area contributed by atoms with Crippen LogP contribution in [-0.4, -0.2) is 39.1 Å². The van der Waals surface area contributed by atoms with Gasteiger partial charge in [-0.1, -0.05) is 30.3 Å². The maximum Gasteiger partial charge on any atom is 0.322 e. The van der Waals surface area contributed by atoms with Gasteiger partial charge in [0, 0.05) is 13.0 Å². The van der Waals surface area contributed by atoms with Crippen LogP contribution in [0.3, 0.4) is 0 Å². The zero-order chi connectivity index (χ0) is 22.7. The van der Waals surface area contributed by atoms with Crippen molar-refractivity contribution in [2.45, 2.75) is 26.7 Å². The Morgan fingerprint density at radius 3 is 2.06 bits per heavy atom. The van der Waals surface area contributed by atoms with Gasteiger partial charge in [-0.15, -0.1) is 0 Å². The van der Waals surface area contributed by atoms with Gasteiger partial charge in [-0.2, -0.15) is 9.97 Å². The monoisotopic (exact) mass is 430 g/mol. The predicted octanol–water partition coefficient (Wildman–Crippen LogP) is 3.90. The molecule has 1 N–H and O–H groups in total. The van der Waals surface area contributed by atoms with Gasteiger partial charge >= 0.3 is 6.01 Å². The average Bonchev–Trinajstić information content (AvgIpc) is 3.02. The molecule has 1 aliphatic rings. The van der Waals surface area contributed by atoms with Gasteiger partial charge in [0.15, 0.2) is 0 Å². The summed E-state index contributed by atoms with van der Waals surface area (Å²) in [6.07, 6.45) is 0.500. The molecule has 8 heteroatoms. The molecule has 0 fully saturated rings. The molecule has 4 rings (SSSR count). The Hall–Kier alpha value is -4.07. The summed E-state index contributed by atoms with van der Waals surface area (Å²) in [5, 5.41) is 2.83. The Bertz CT molecular complexity index is 1140. The van der Waals surface area contributed by atoms with Crippen LogP contribution in [0, 0.1) is 13.8 Å². The molecule has 32 heavy (non-hydrogen) atoms. The van der Waals surface area contributed by atoms with Crippen LogP contribution in [0.25, 0.3) is 0 Å². The number of fused-ring (bicyclic) bond motifs is 1. The summed E-state index contributed by atoms with van der Waals surface area (Å²) in [6.45, 7) is 3.71. The summed E-state index contributed by atoms with van der Waals surface area (Å²) in [5.74, 6) is -0.260. The molecule has 162 valence electrons. The lowest BCUT2D eigenvalue weighted by Crippen LogP contribution is -2.31. The number of imide groups is 1. The molecule has 2 aromatic carbocycles. The molecule has 0 saturated carbocycles. The van der Waals surface area contributed by atoms with Gasteiger partial charge in [0.2, 0.25) is 5.91 Å². The van der Waals surface area contributed by atoms with Crippen LogP contribution < -0.4 is 10.1 Å². The largest absolute Gasteiger partial charge is 0.424 e. The van der Waals surface area contributed by atoms with Gasteiger partial charge in [0.1, 0.15) is 5.75 Å². The smallest absolute Gasteiger partial charge is 0.322 e. The lowest BCUT2D eigenvalue weighted by atomic mass is 10.1. The van der Waals surface area contributed by atoms with E-state index in [1.807, 2.05) is 18.2 Å². The number of carbonyl (C=O) groups excluding carboxylic acids is 3. The van der Waals surface area contributed by atoms with Crippen molar-refractivity contribution in [3.63, 3.8) is 0 Å². The fourth-order valence-electron chi connectivity index (χ4n) is 3.55. The van der Waals surface area contributed by atoms with Crippen molar-refractivity contribution in [3.8, 4) is 11.8 Å². The van der Waals surface area contributed by atoms with Crippen molar-refractivity contribution in [1.82, 2.24) is 14.9 Å². The minimum absolute atomic E-state index is 0.147. The third-order valence-electron chi connectivity index (χ3n) is 5.13. The van der Waals surface area contributed by atoms with Gasteiger partial charge in [0.25, 0.3) is 11.8 Å². The molecule has 0 spiro atoms. The topological polar surface area (TPSA) is 101 Å². The number of nitrogens with one attached hydrogen (secondary N) is 1. The molecule has 3 amide bonds. The lowest BCUT2D eigenvalue weighted by molar-refractivity contribution is -0.116. The molecule has 0 unspecified atom stereocenters. The first-order valence-corrected chi connectivity index (χ1v) is 10.3. The fourth-order valence-corrected chi connectivity index (χ4v) is 3.55. The number of amides is 3. The maximum atomic E-state index is 12.5. The summed E-state index contributed by atoms with van der Waals surface area (Å²) in [7, 11) is 0. The van der Waals surface area contributed by atoms with Crippen molar-refractivity contribution < 1.29 is 19.1 Å². The van der Waals surface area contributed by atoms with Gasteiger partial charge in [-0.05, 0) is 44.5 Å². The number of rotatable bonds is 7. The third kappa shape index (κ3) is 4.34. The van der Waals surface area contributed by atoms with Gasteiger partial charge in [-0.25, -0.2) is 0 Å². The Balaban J connectivity index is 1.33. The number of hydrogen-bond acceptors (Lipinski definition) is 6. The number of hydrogen-bond donors (Lipinski definition) is 1. The van der Waals surface area contributed by atoms with Gasteiger partial charge < -0.3 is 10.1 Å². The molecule has 2 heterocycles. The van der Waals surface area contributed by atoms with E-state index in [0.717, 1.165) is 0 Å². The van der Waals surface area contributed by atoms with E-state index in [9.17, 15) is 14.4 Å². The van der Waals surface area contributed by atoms with Crippen molar-refractivity contribution in [2.24, 2.45) is 0 Å². The number of ether oxygens (including phenoxy) is 1. The van der Waals surface area contributed by atoms with E-state index < -0.39 is 0 Å². The second kappa shape index (κ2) is 8.97. The first-order valence-electron chi connectivity index (χ1n) is 10.3. The number of para-hydroxylation sites is 1. The second-order valence-corrected chi connectivity index (χ2v) is 7.43. The maximum absolute atomic E-state index is 12.5. The van der Waals surface area contributed by atoms with Crippen LogP contribution in [0.2, 0.25) is 0 Å². The molecule has 1 aromatic heterocycles. The summed E-state index contributed by atoms with van der Waals surface area (Å²) >= 11 is 0. The van der Waals surface area contributed by atoms with Gasteiger partial charge in [0.05, 0.1) is 28.2 Å². The summed E-state index contributed by atoms with van der Waals surface area (Å²) in [4.78, 5) is 47.1. The summed E-state index contributed by atoms with van der Waals surface area (Å²) in [6, 6.07) is 16.1. The fraction of sp³-hybridized carbons (Fsp3) is 0.208. The normalized spacial score (nSPS) is 12.6. The van der Waals surface area contributed by atoms with E-state index in [-0.39, 0.29) is 36.7 Å². The molecule has 3 aromatic rings. The number of anilines is 1. The predicted molar refractivity (Wildman–Crippen MR) is 118 cm³/mol. The highest BCUT2D eigenvalue weighted by Gasteiger charge is 2.34. The SMILES string of the molecule is Cc1nc(Oc2ccccc2)nc(C)c1NC(=O)CCCN1C(=O)c2ccccc2C1=O. The van der Waals surface area contributed by atoms with E-state index in [2.05, 4.69) is 15.3 Å². The van der Waals surface area contributed by atoms with Crippen molar-refractivity contribution in [1.29, 1.82) is 0 Å². The minimum atomic E-state index is -0.319. The molecule has 0 radical (unpaired) electrons. The van der Waals surface area contributed by atoms with Crippen LogP contribution in [0.1, 0.15) is 44.9 Å². The molecule has 0 aliphatic carbocycles. The van der Waals surface area contributed by atoms with Crippen molar-refractivity contribution >= 4 is 23.4 Å². The van der Waals surface area contributed by atoms with E-state index >= 15 is 0 Å². The highest BCUT2D eigenvalue weighted by Crippen LogP contribution is 2.24. The molecule has 1 aliphatic heterocycles. The Labute approximate surface area is 185 Å². The number of aromatic nitrogens is 2. The van der Waals surface area contributed by atoms with E-state index in [4.69, 9.17) is 4.74 Å². The Kier molecular flexibility index (Phi) is 5.93. The van der Waals surface area contributed by atoms with E-state index in [0.29, 0.717) is 40.4 Å². The second-order valence-electron chi connectivity index (χ2n) is 7.43. The lowest BCUT2D eigenvalue weighted by Gasteiger charge is -2.14. The van der Waals surface area contributed by atoms with Crippen LogP contribution in [0.5, 0.6) is 11.8 Å². The number of aryl methyl sites for hydroxylation is 2. The average molecular weight is 430 g/mol. The first kappa shape index (κ1) is 21.2. The molecule has 0 saturated heterocycles. The van der Waals surface area contributed by atoms with E-state index in [1.54, 1.807) is 50.2 Å². The Morgan fingerprint density at radius 1 is 0.906 bits per heavy atom. The van der Waals surface area contributed by atoms with Crippen LogP contribution >= 0.6 is 0 Å². The van der Waals surface area contributed by atoms with Crippen LogP contribution in [0.4, 0.5) is 5.69 Å². The van der Waals surface area contributed by atoms with Gasteiger partial charge in [-0.3, -0.25) is 19.3 Å². The summed E-state index contributed by atoms with van der Waals surface area (Å²) < 4.78 is 5.66. The number of carbonyl (C=O) groups is 3. The standard InChI is InChI=1S/C24H22N4O4/c1-15-21(16(2)26-24(25-15)32-17-9-4-3-5-10-17)27-20(29)13-8-14-28-22(30)18-11-6-7-12-19(18)23(28)31/h3-7,9-12H,8,13-14H2,1-2H3,(H,27,29).